The molecule has 0 radical (unpaired) electrons. The molecule has 0 amide bonds. The molecule has 5 nitrogen and oxygen atoms in total. The van der Waals surface area contributed by atoms with E-state index in [0.29, 0.717) is 45.6 Å². The third-order valence-electron chi connectivity index (χ3n) is 7.66. The first-order valence-corrected chi connectivity index (χ1v) is 11.7. The standard InChI is InChI=1S/C26H24F3N5/c1-13-14-2-4-15(5-3-14)22(13)32-25-20(29)12-31-26(34-25)21-19-10-18(28)11-30-24(19)33-23(21)16-6-8-17(27)9-7-16/h6-15,22H,2-5H2,1H3,(H,30,33)(H,31,32,34). The first kappa shape index (κ1) is 21.1. The molecule has 3 saturated carbocycles. The van der Waals surface area contributed by atoms with Gasteiger partial charge in [0.05, 0.1) is 23.7 Å². The lowest BCUT2D eigenvalue weighted by Gasteiger charge is -2.47. The summed E-state index contributed by atoms with van der Waals surface area (Å²) < 4.78 is 42.6. The third kappa shape index (κ3) is 3.52. The van der Waals surface area contributed by atoms with Crippen LogP contribution in [0.5, 0.6) is 0 Å². The van der Waals surface area contributed by atoms with Crippen molar-refractivity contribution in [3.63, 3.8) is 0 Å². The van der Waals surface area contributed by atoms with Crippen LogP contribution >= 0.6 is 0 Å². The molecule has 3 fully saturated rings. The average Bonchev–Trinajstić information content (AvgIpc) is 3.22. The van der Waals surface area contributed by atoms with Crippen LogP contribution in [0.3, 0.4) is 0 Å². The molecule has 4 aromatic rings. The van der Waals surface area contributed by atoms with E-state index in [4.69, 9.17) is 0 Å². The molecule has 3 aliphatic carbocycles. The largest absolute Gasteiger partial charge is 0.364 e. The minimum absolute atomic E-state index is 0.151. The quantitative estimate of drug-likeness (QED) is 0.371. The Morgan fingerprint density at radius 3 is 2.38 bits per heavy atom. The molecule has 0 spiro atoms. The van der Waals surface area contributed by atoms with Crippen LogP contribution in [-0.2, 0) is 0 Å². The summed E-state index contributed by atoms with van der Waals surface area (Å²) in [6.45, 7) is 2.23. The fourth-order valence-corrected chi connectivity index (χ4v) is 5.86. The highest BCUT2D eigenvalue weighted by atomic mass is 19.1. The lowest BCUT2D eigenvalue weighted by atomic mass is 9.62. The first-order valence-electron chi connectivity index (χ1n) is 11.7. The molecule has 0 saturated heterocycles. The second-order valence-corrected chi connectivity index (χ2v) is 9.53. The van der Waals surface area contributed by atoms with Gasteiger partial charge in [0.15, 0.2) is 17.5 Å². The van der Waals surface area contributed by atoms with Crippen molar-refractivity contribution in [3.8, 4) is 22.6 Å². The Kier molecular flexibility index (Phi) is 5.04. The molecular formula is C26H24F3N5. The van der Waals surface area contributed by atoms with Crippen molar-refractivity contribution in [2.45, 2.75) is 38.6 Å². The number of pyridine rings is 1. The Balaban J connectivity index is 1.46. The summed E-state index contributed by atoms with van der Waals surface area (Å²) in [5.41, 5.74) is 2.16. The van der Waals surface area contributed by atoms with Crippen LogP contribution in [0.2, 0.25) is 0 Å². The van der Waals surface area contributed by atoms with Crippen molar-refractivity contribution in [2.75, 3.05) is 5.32 Å². The number of benzene rings is 1. The van der Waals surface area contributed by atoms with Crippen LogP contribution in [-0.4, -0.2) is 26.0 Å². The summed E-state index contributed by atoms with van der Waals surface area (Å²) in [4.78, 5) is 16.1. The van der Waals surface area contributed by atoms with Gasteiger partial charge < -0.3 is 10.3 Å². The van der Waals surface area contributed by atoms with Gasteiger partial charge in [0.2, 0.25) is 0 Å². The van der Waals surface area contributed by atoms with E-state index in [1.165, 1.54) is 31.0 Å². The highest BCUT2D eigenvalue weighted by Gasteiger charge is 2.41. The molecule has 0 aliphatic heterocycles. The molecule has 2 unspecified atom stereocenters. The maximum Gasteiger partial charge on any atom is 0.183 e. The van der Waals surface area contributed by atoms with Crippen LogP contribution in [0.25, 0.3) is 33.7 Å². The monoisotopic (exact) mass is 463 g/mol. The van der Waals surface area contributed by atoms with Crippen LogP contribution in [0.4, 0.5) is 19.0 Å². The highest BCUT2D eigenvalue weighted by Crippen LogP contribution is 2.46. The molecule has 2 bridgehead atoms. The van der Waals surface area contributed by atoms with Crippen molar-refractivity contribution in [1.82, 2.24) is 19.9 Å². The maximum absolute atomic E-state index is 14.9. The van der Waals surface area contributed by atoms with Crippen molar-refractivity contribution in [1.29, 1.82) is 0 Å². The van der Waals surface area contributed by atoms with Gasteiger partial charge >= 0.3 is 0 Å². The van der Waals surface area contributed by atoms with E-state index < -0.39 is 11.6 Å². The summed E-state index contributed by atoms with van der Waals surface area (Å²) in [7, 11) is 0. The lowest BCUT2D eigenvalue weighted by molar-refractivity contribution is 0.0926. The first-order chi connectivity index (χ1) is 16.5. The van der Waals surface area contributed by atoms with E-state index in [-0.39, 0.29) is 23.5 Å². The Bertz CT molecular complexity index is 1360. The summed E-state index contributed by atoms with van der Waals surface area (Å²) in [6.07, 6.45) is 7.03. The van der Waals surface area contributed by atoms with Gasteiger partial charge in [-0.1, -0.05) is 6.92 Å². The third-order valence-corrected chi connectivity index (χ3v) is 7.66. The van der Waals surface area contributed by atoms with Crippen LogP contribution in [0.15, 0.2) is 42.7 Å². The van der Waals surface area contributed by atoms with Crippen LogP contribution in [0, 0.1) is 35.2 Å². The number of rotatable bonds is 4. The second kappa shape index (κ2) is 8.11. The van der Waals surface area contributed by atoms with Gasteiger partial charge in [-0.3, -0.25) is 0 Å². The van der Waals surface area contributed by atoms with E-state index in [0.717, 1.165) is 25.2 Å². The van der Waals surface area contributed by atoms with Crippen LogP contribution < -0.4 is 5.32 Å². The molecular weight excluding hydrogens is 439 g/mol. The Morgan fingerprint density at radius 1 is 0.912 bits per heavy atom. The number of fused-ring (bicyclic) bond motifs is 4. The Hall–Kier alpha value is -3.42. The topological polar surface area (TPSA) is 66.5 Å². The molecule has 3 aliphatic rings. The number of nitrogens with zero attached hydrogens (tertiary/aromatic N) is 3. The normalized spacial score (nSPS) is 24.0. The van der Waals surface area contributed by atoms with Gasteiger partial charge in [0, 0.05) is 11.4 Å². The zero-order chi connectivity index (χ0) is 23.4. The number of aromatic amines is 1. The highest BCUT2D eigenvalue weighted by molar-refractivity contribution is 6.00. The molecule has 34 heavy (non-hydrogen) atoms. The van der Waals surface area contributed by atoms with Gasteiger partial charge in [-0.05, 0) is 79.3 Å². The van der Waals surface area contributed by atoms with Gasteiger partial charge in [-0.25, -0.2) is 28.1 Å². The fourth-order valence-electron chi connectivity index (χ4n) is 5.86. The smallest absolute Gasteiger partial charge is 0.183 e. The molecule has 1 aromatic carbocycles. The number of hydrogen-bond donors (Lipinski definition) is 2. The van der Waals surface area contributed by atoms with E-state index >= 15 is 0 Å². The molecule has 2 atom stereocenters. The lowest BCUT2D eigenvalue weighted by Crippen LogP contribution is -2.47. The minimum atomic E-state index is -0.523. The molecule has 8 heteroatoms. The molecule has 7 rings (SSSR count). The molecule has 174 valence electrons. The van der Waals surface area contributed by atoms with E-state index in [1.54, 1.807) is 12.1 Å². The van der Waals surface area contributed by atoms with E-state index in [2.05, 4.69) is 32.2 Å². The summed E-state index contributed by atoms with van der Waals surface area (Å²) in [6, 6.07) is 7.42. The van der Waals surface area contributed by atoms with Crippen molar-refractivity contribution < 1.29 is 13.2 Å². The number of anilines is 1. The minimum Gasteiger partial charge on any atom is -0.364 e. The van der Waals surface area contributed by atoms with Crippen LogP contribution in [0.1, 0.15) is 32.6 Å². The maximum atomic E-state index is 14.9. The predicted molar refractivity (Wildman–Crippen MR) is 124 cm³/mol. The zero-order valence-corrected chi connectivity index (χ0v) is 18.7. The van der Waals surface area contributed by atoms with E-state index in [1.807, 2.05) is 0 Å². The Morgan fingerprint density at radius 2 is 1.65 bits per heavy atom. The van der Waals surface area contributed by atoms with Gasteiger partial charge in [-0.15, -0.1) is 0 Å². The molecule has 2 N–H and O–H groups in total. The summed E-state index contributed by atoms with van der Waals surface area (Å²) >= 11 is 0. The molecule has 3 aromatic heterocycles. The van der Waals surface area contributed by atoms with Crippen molar-refractivity contribution in [2.24, 2.45) is 17.8 Å². The van der Waals surface area contributed by atoms with Gasteiger partial charge in [-0.2, -0.15) is 0 Å². The number of aromatic nitrogens is 4. The average molecular weight is 464 g/mol. The summed E-state index contributed by atoms with van der Waals surface area (Å²) in [5, 5.41) is 3.86. The summed E-state index contributed by atoms with van der Waals surface area (Å²) in [5.74, 6) is 0.584. The number of H-pyrrole nitrogens is 1. The number of halogens is 3. The zero-order valence-electron chi connectivity index (χ0n) is 18.7. The van der Waals surface area contributed by atoms with Crippen molar-refractivity contribution >= 4 is 16.9 Å². The molecule has 3 heterocycles. The van der Waals surface area contributed by atoms with Gasteiger partial charge in [0.1, 0.15) is 17.3 Å². The SMILES string of the molecule is CC1C2CCC(CC2)C1Nc1nc(-c2c(-c3ccc(F)cc3)[nH]c3ncc(F)cc23)ncc1F. The van der Waals surface area contributed by atoms with E-state index in [9.17, 15) is 13.2 Å². The second-order valence-electron chi connectivity index (χ2n) is 9.53. The number of hydrogen-bond acceptors (Lipinski definition) is 4. The van der Waals surface area contributed by atoms with Crippen molar-refractivity contribution in [3.05, 3.63) is 60.2 Å². The fraction of sp³-hybridized carbons (Fsp3) is 0.346. The number of nitrogens with one attached hydrogen (secondary N) is 2. The van der Waals surface area contributed by atoms with Gasteiger partial charge in [0.25, 0.3) is 0 Å². The predicted octanol–water partition coefficient (Wildman–Crippen LogP) is 6.34. The Labute approximate surface area is 194 Å².